The molecule has 0 radical (unpaired) electrons. The van der Waals surface area contributed by atoms with Gasteiger partial charge < -0.3 is 0 Å². The molecule has 0 nitrogen and oxygen atoms in total. The predicted octanol–water partition coefficient (Wildman–Crippen LogP) is 5.81. The molecule has 0 N–H and O–H groups in total. The Morgan fingerprint density at radius 3 is 2.20 bits per heavy atom. The van der Waals surface area contributed by atoms with E-state index in [1.165, 1.54) is 33.4 Å². The van der Waals surface area contributed by atoms with Crippen molar-refractivity contribution >= 4 is 12.2 Å². The first-order valence-electron chi connectivity index (χ1n) is 7.05. The van der Waals surface area contributed by atoms with Crippen LogP contribution in [0.5, 0.6) is 0 Å². The Morgan fingerprint density at radius 1 is 0.800 bits per heavy atom. The van der Waals surface area contributed by atoms with Crippen molar-refractivity contribution in [2.45, 2.75) is 27.7 Å². The topological polar surface area (TPSA) is 0 Å². The Hall–Kier alpha value is -2.08. The van der Waals surface area contributed by atoms with Gasteiger partial charge in [-0.15, -0.1) is 0 Å². The van der Waals surface area contributed by atoms with Gasteiger partial charge in [0.15, 0.2) is 0 Å². The van der Waals surface area contributed by atoms with Gasteiger partial charge in [-0.25, -0.2) is 0 Å². The number of allylic oxidation sites excluding steroid dienone is 2. The summed E-state index contributed by atoms with van der Waals surface area (Å²) >= 11 is 0. The molecular weight excluding hydrogens is 240 g/mol. The summed E-state index contributed by atoms with van der Waals surface area (Å²) < 4.78 is 0. The van der Waals surface area contributed by atoms with Gasteiger partial charge in [0.25, 0.3) is 0 Å². The van der Waals surface area contributed by atoms with E-state index in [4.69, 9.17) is 0 Å². The Morgan fingerprint density at radius 2 is 1.50 bits per heavy atom. The maximum absolute atomic E-state index is 2.26. The van der Waals surface area contributed by atoms with E-state index >= 15 is 0 Å². The Labute approximate surface area is 122 Å². The minimum atomic E-state index is 1.26. The molecule has 0 spiro atoms. The third-order valence-electron chi connectivity index (χ3n) is 3.61. The molecular formula is C20H22. The molecule has 2 aromatic rings. The minimum absolute atomic E-state index is 1.26. The monoisotopic (exact) mass is 262 g/mol. The van der Waals surface area contributed by atoms with Crippen LogP contribution >= 0.6 is 0 Å². The standard InChI is InChI=1S/C20H22/c1-15-8-7-10-19(12-15)13-17(3)18(4)14-20-11-6-5-9-16(20)2/h5-14H,1-4H3. The van der Waals surface area contributed by atoms with E-state index in [0.29, 0.717) is 0 Å². The highest BCUT2D eigenvalue weighted by Gasteiger charge is 1.98. The van der Waals surface area contributed by atoms with E-state index in [2.05, 4.69) is 88.4 Å². The molecule has 0 amide bonds. The van der Waals surface area contributed by atoms with Gasteiger partial charge in [-0.3, -0.25) is 0 Å². The van der Waals surface area contributed by atoms with Crippen molar-refractivity contribution in [3.63, 3.8) is 0 Å². The smallest absolute Gasteiger partial charge is 0.0225 e. The second kappa shape index (κ2) is 6.38. The molecule has 0 unspecified atom stereocenters. The van der Waals surface area contributed by atoms with Crippen LogP contribution in [0, 0.1) is 13.8 Å². The number of benzene rings is 2. The van der Waals surface area contributed by atoms with Gasteiger partial charge in [-0.05, 0) is 55.5 Å². The molecule has 0 aromatic heterocycles. The highest BCUT2D eigenvalue weighted by molar-refractivity contribution is 5.66. The summed E-state index contributed by atoms with van der Waals surface area (Å²) in [6.45, 7) is 8.63. The summed E-state index contributed by atoms with van der Waals surface area (Å²) in [7, 11) is 0. The molecule has 0 saturated heterocycles. The summed E-state index contributed by atoms with van der Waals surface area (Å²) in [5, 5.41) is 0. The van der Waals surface area contributed by atoms with Crippen molar-refractivity contribution in [2.24, 2.45) is 0 Å². The van der Waals surface area contributed by atoms with E-state index in [1.807, 2.05) is 0 Å². The first-order chi connectivity index (χ1) is 9.56. The van der Waals surface area contributed by atoms with Crippen molar-refractivity contribution in [1.82, 2.24) is 0 Å². The van der Waals surface area contributed by atoms with E-state index in [-0.39, 0.29) is 0 Å². The first-order valence-corrected chi connectivity index (χ1v) is 7.05. The van der Waals surface area contributed by atoms with Crippen LogP contribution in [0.1, 0.15) is 36.1 Å². The van der Waals surface area contributed by atoms with E-state index in [9.17, 15) is 0 Å². The van der Waals surface area contributed by atoms with Crippen LogP contribution in [0.2, 0.25) is 0 Å². The number of hydrogen-bond acceptors (Lipinski definition) is 0. The average molecular weight is 262 g/mol. The zero-order valence-electron chi connectivity index (χ0n) is 12.8. The number of aryl methyl sites for hydroxylation is 2. The minimum Gasteiger partial charge on any atom is -0.0620 e. The Bertz CT molecular complexity index is 657. The van der Waals surface area contributed by atoms with Crippen LogP contribution in [-0.4, -0.2) is 0 Å². The fraction of sp³-hybridized carbons (Fsp3) is 0.200. The molecule has 0 atom stereocenters. The lowest BCUT2D eigenvalue weighted by Crippen LogP contribution is -1.84. The molecule has 0 fully saturated rings. The van der Waals surface area contributed by atoms with Gasteiger partial charge in [0, 0.05) is 0 Å². The third kappa shape index (κ3) is 3.71. The lowest BCUT2D eigenvalue weighted by molar-refractivity contribution is 1.36. The second-order valence-corrected chi connectivity index (χ2v) is 5.43. The summed E-state index contributed by atoms with van der Waals surface area (Å²) in [5.74, 6) is 0. The fourth-order valence-electron chi connectivity index (χ4n) is 2.22. The van der Waals surface area contributed by atoms with Gasteiger partial charge in [0.1, 0.15) is 0 Å². The molecule has 0 heterocycles. The van der Waals surface area contributed by atoms with Crippen LogP contribution in [0.15, 0.2) is 59.7 Å². The highest BCUT2D eigenvalue weighted by atomic mass is 14.0. The predicted molar refractivity (Wildman–Crippen MR) is 89.7 cm³/mol. The molecule has 20 heavy (non-hydrogen) atoms. The van der Waals surface area contributed by atoms with Crippen LogP contribution in [0.25, 0.3) is 12.2 Å². The fourth-order valence-corrected chi connectivity index (χ4v) is 2.22. The lowest BCUT2D eigenvalue weighted by atomic mass is 10.0. The summed E-state index contributed by atoms with van der Waals surface area (Å²) in [4.78, 5) is 0. The van der Waals surface area contributed by atoms with Crippen LogP contribution in [0.3, 0.4) is 0 Å². The van der Waals surface area contributed by atoms with Gasteiger partial charge in [0.2, 0.25) is 0 Å². The van der Waals surface area contributed by atoms with Crippen molar-refractivity contribution < 1.29 is 0 Å². The van der Waals surface area contributed by atoms with Crippen molar-refractivity contribution in [1.29, 1.82) is 0 Å². The van der Waals surface area contributed by atoms with Crippen LogP contribution in [-0.2, 0) is 0 Å². The molecule has 0 aliphatic carbocycles. The lowest BCUT2D eigenvalue weighted by Gasteiger charge is -2.05. The van der Waals surface area contributed by atoms with Crippen LogP contribution < -0.4 is 0 Å². The average Bonchev–Trinajstić information content (AvgIpc) is 2.41. The molecule has 0 aliphatic heterocycles. The molecule has 0 aliphatic rings. The van der Waals surface area contributed by atoms with E-state index < -0.39 is 0 Å². The Balaban J connectivity index is 2.29. The maximum atomic E-state index is 2.26. The molecule has 2 aromatic carbocycles. The van der Waals surface area contributed by atoms with E-state index in [0.717, 1.165) is 0 Å². The zero-order chi connectivity index (χ0) is 14.5. The van der Waals surface area contributed by atoms with Crippen LogP contribution in [0.4, 0.5) is 0 Å². The number of hydrogen-bond donors (Lipinski definition) is 0. The quantitative estimate of drug-likeness (QED) is 0.612. The largest absolute Gasteiger partial charge is 0.0620 e. The maximum Gasteiger partial charge on any atom is -0.0225 e. The second-order valence-electron chi connectivity index (χ2n) is 5.43. The van der Waals surface area contributed by atoms with Crippen molar-refractivity contribution in [3.8, 4) is 0 Å². The zero-order valence-corrected chi connectivity index (χ0v) is 12.8. The van der Waals surface area contributed by atoms with Gasteiger partial charge in [0.05, 0.1) is 0 Å². The molecule has 0 bridgehead atoms. The summed E-state index contributed by atoms with van der Waals surface area (Å²) in [5.41, 5.74) is 7.78. The normalized spacial score (nSPS) is 12.6. The third-order valence-corrected chi connectivity index (χ3v) is 3.61. The van der Waals surface area contributed by atoms with Gasteiger partial charge >= 0.3 is 0 Å². The van der Waals surface area contributed by atoms with Crippen molar-refractivity contribution in [3.05, 3.63) is 81.9 Å². The molecule has 2 rings (SSSR count). The molecule has 0 saturated carbocycles. The van der Waals surface area contributed by atoms with Gasteiger partial charge in [-0.1, -0.05) is 66.2 Å². The van der Waals surface area contributed by atoms with Crippen molar-refractivity contribution in [2.75, 3.05) is 0 Å². The SMILES string of the molecule is CC(=Cc1cccc(C)c1)C(C)=Cc1ccccc1C. The molecule has 0 heteroatoms. The summed E-state index contributed by atoms with van der Waals surface area (Å²) in [6.07, 6.45) is 4.51. The Kier molecular flexibility index (Phi) is 4.57. The van der Waals surface area contributed by atoms with E-state index in [1.54, 1.807) is 0 Å². The first kappa shape index (κ1) is 14.3. The number of rotatable bonds is 3. The van der Waals surface area contributed by atoms with Gasteiger partial charge in [-0.2, -0.15) is 0 Å². The summed E-state index contributed by atoms with van der Waals surface area (Å²) in [6, 6.07) is 17.1. The highest BCUT2D eigenvalue weighted by Crippen LogP contribution is 2.19. The molecule has 102 valence electrons.